The minimum atomic E-state index is -5.10. The highest BCUT2D eigenvalue weighted by Crippen LogP contribution is 2.32. The molecule has 116 valence electrons. The minimum absolute atomic E-state index is 0.0589. The number of methoxy groups -OCH3 is 1. The van der Waals surface area contributed by atoms with Gasteiger partial charge in [-0.3, -0.25) is 9.59 Å². The van der Waals surface area contributed by atoms with Crippen molar-refractivity contribution in [3.8, 4) is 5.75 Å². The van der Waals surface area contributed by atoms with Gasteiger partial charge < -0.3 is 14.7 Å². The minimum Gasteiger partial charge on any atom is -0.495 e. The van der Waals surface area contributed by atoms with E-state index in [1.165, 1.54) is 19.2 Å². The van der Waals surface area contributed by atoms with Crippen LogP contribution in [0.1, 0.15) is 12.0 Å². The zero-order chi connectivity index (χ0) is 16.2. The second-order valence-electron chi connectivity index (χ2n) is 4.27. The molecule has 0 unspecified atom stereocenters. The van der Waals surface area contributed by atoms with Crippen molar-refractivity contribution in [1.82, 2.24) is 0 Å². The van der Waals surface area contributed by atoms with Crippen LogP contribution in [0.2, 0.25) is 0 Å². The third-order valence-corrected chi connectivity index (χ3v) is 2.66. The maximum atomic E-state index is 12.7. The van der Waals surface area contributed by atoms with Gasteiger partial charge in [-0.25, -0.2) is 0 Å². The number of carbonyl (C=O) groups excluding carboxylic acids is 1. The molecule has 0 heterocycles. The maximum Gasteiger partial charge on any atom is 0.471 e. The molecule has 1 N–H and O–H groups in total. The van der Waals surface area contributed by atoms with Gasteiger partial charge >= 0.3 is 18.1 Å². The number of benzene rings is 1. The Morgan fingerprint density at radius 3 is 2.43 bits per heavy atom. The van der Waals surface area contributed by atoms with E-state index >= 15 is 0 Å². The summed E-state index contributed by atoms with van der Waals surface area (Å²) in [5.74, 6) is -3.38. The number of hydrogen-bond acceptors (Lipinski definition) is 3. The van der Waals surface area contributed by atoms with Crippen LogP contribution in [0.4, 0.5) is 18.9 Å². The van der Waals surface area contributed by atoms with E-state index < -0.39 is 31.0 Å². The van der Waals surface area contributed by atoms with Gasteiger partial charge in [-0.2, -0.15) is 13.2 Å². The number of carbonyl (C=O) groups is 2. The monoisotopic (exact) mass is 305 g/mol. The van der Waals surface area contributed by atoms with Gasteiger partial charge in [-0.1, -0.05) is 6.07 Å². The summed E-state index contributed by atoms with van der Waals surface area (Å²) in [6.45, 7) is 1.03. The van der Waals surface area contributed by atoms with Gasteiger partial charge in [0.2, 0.25) is 0 Å². The summed E-state index contributed by atoms with van der Waals surface area (Å²) in [6.07, 6.45) is -5.72. The number of alkyl halides is 3. The number of rotatable bonds is 5. The molecule has 0 fully saturated rings. The van der Waals surface area contributed by atoms with Crippen LogP contribution in [0.3, 0.4) is 0 Å². The summed E-state index contributed by atoms with van der Waals surface area (Å²) in [5.41, 5.74) is 0.502. The van der Waals surface area contributed by atoms with E-state index in [0.717, 1.165) is 0 Å². The Balaban J connectivity index is 3.26. The average Bonchev–Trinajstić information content (AvgIpc) is 2.37. The number of anilines is 1. The van der Waals surface area contributed by atoms with Crippen molar-refractivity contribution in [2.24, 2.45) is 0 Å². The molecule has 1 rings (SSSR count). The van der Waals surface area contributed by atoms with Crippen molar-refractivity contribution >= 4 is 17.6 Å². The molecule has 8 heteroatoms. The first-order chi connectivity index (χ1) is 9.66. The van der Waals surface area contributed by atoms with E-state index in [1.54, 1.807) is 13.0 Å². The van der Waals surface area contributed by atoms with Crippen LogP contribution in [0.5, 0.6) is 5.75 Å². The van der Waals surface area contributed by atoms with E-state index in [9.17, 15) is 22.8 Å². The molecule has 1 amide bonds. The fourth-order valence-electron chi connectivity index (χ4n) is 1.70. The molecule has 0 saturated heterocycles. The Bertz CT molecular complexity index is 543. The van der Waals surface area contributed by atoms with E-state index in [2.05, 4.69) is 0 Å². The predicted molar refractivity (Wildman–Crippen MR) is 68.4 cm³/mol. The third kappa shape index (κ3) is 4.37. The SMILES string of the molecule is COc1ccc(C)cc1N(CCC(=O)O)C(=O)C(F)(F)F. The van der Waals surface area contributed by atoms with Crippen molar-refractivity contribution < 1.29 is 32.6 Å². The Morgan fingerprint density at radius 1 is 1.33 bits per heavy atom. The highest BCUT2D eigenvalue weighted by atomic mass is 19.4. The molecule has 21 heavy (non-hydrogen) atoms. The summed E-state index contributed by atoms with van der Waals surface area (Å²) in [6, 6.07) is 4.36. The second-order valence-corrected chi connectivity index (χ2v) is 4.27. The normalized spacial score (nSPS) is 11.1. The molecular formula is C13H14F3NO4. The zero-order valence-corrected chi connectivity index (χ0v) is 11.4. The highest BCUT2D eigenvalue weighted by Gasteiger charge is 2.43. The number of ether oxygens (including phenoxy) is 1. The third-order valence-electron chi connectivity index (χ3n) is 2.66. The lowest BCUT2D eigenvalue weighted by molar-refractivity contribution is -0.170. The van der Waals surface area contributed by atoms with Crippen LogP contribution in [-0.2, 0) is 9.59 Å². The number of hydrogen-bond donors (Lipinski definition) is 1. The molecule has 1 aromatic carbocycles. The molecule has 0 atom stereocenters. The Hall–Kier alpha value is -2.25. The molecule has 0 aromatic heterocycles. The molecule has 0 aliphatic carbocycles. The fourth-order valence-corrected chi connectivity index (χ4v) is 1.70. The lowest BCUT2D eigenvalue weighted by Crippen LogP contribution is -2.42. The van der Waals surface area contributed by atoms with Crippen LogP contribution in [0, 0.1) is 6.92 Å². The number of carboxylic acid groups (broad SMARTS) is 1. The molecule has 0 radical (unpaired) electrons. The van der Waals surface area contributed by atoms with Crippen LogP contribution in [0.25, 0.3) is 0 Å². The number of amides is 1. The first-order valence-corrected chi connectivity index (χ1v) is 5.92. The fraction of sp³-hybridized carbons (Fsp3) is 0.385. The molecule has 0 bridgehead atoms. The molecule has 0 aliphatic heterocycles. The molecule has 0 aliphatic rings. The van der Waals surface area contributed by atoms with Crippen LogP contribution in [0.15, 0.2) is 18.2 Å². The van der Waals surface area contributed by atoms with Crippen LogP contribution in [-0.4, -0.2) is 36.8 Å². The molecule has 1 aromatic rings. The van der Waals surface area contributed by atoms with E-state index in [4.69, 9.17) is 9.84 Å². The number of nitrogens with zero attached hydrogens (tertiary/aromatic N) is 1. The number of halogens is 3. The second kappa shape index (κ2) is 6.47. The van der Waals surface area contributed by atoms with Gasteiger partial charge in [0.1, 0.15) is 5.75 Å². The summed E-state index contributed by atoms with van der Waals surface area (Å²) < 4.78 is 42.9. The predicted octanol–water partition coefficient (Wildman–Crippen LogP) is 2.37. The first kappa shape index (κ1) is 16.8. The molecule has 0 spiro atoms. The van der Waals surface area contributed by atoms with E-state index in [-0.39, 0.29) is 11.4 Å². The van der Waals surface area contributed by atoms with Gasteiger partial charge in [0.15, 0.2) is 0 Å². The van der Waals surface area contributed by atoms with Crippen molar-refractivity contribution in [2.45, 2.75) is 19.5 Å². The molecular weight excluding hydrogens is 291 g/mol. The number of aliphatic carboxylic acids is 1. The van der Waals surface area contributed by atoms with Gasteiger partial charge in [0.05, 0.1) is 19.2 Å². The van der Waals surface area contributed by atoms with E-state index in [1.807, 2.05) is 0 Å². The average molecular weight is 305 g/mol. The first-order valence-electron chi connectivity index (χ1n) is 5.92. The van der Waals surface area contributed by atoms with Crippen molar-refractivity contribution in [3.63, 3.8) is 0 Å². The van der Waals surface area contributed by atoms with Gasteiger partial charge in [-0.05, 0) is 24.6 Å². The lowest BCUT2D eigenvalue weighted by Gasteiger charge is -2.25. The number of carboxylic acids is 1. The van der Waals surface area contributed by atoms with Crippen LogP contribution >= 0.6 is 0 Å². The topological polar surface area (TPSA) is 66.8 Å². The Morgan fingerprint density at radius 2 is 1.95 bits per heavy atom. The lowest BCUT2D eigenvalue weighted by atomic mass is 10.1. The summed E-state index contributed by atoms with van der Waals surface area (Å²) in [5, 5.41) is 8.62. The zero-order valence-electron chi connectivity index (χ0n) is 11.4. The molecule has 5 nitrogen and oxygen atoms in total. The summed E-state index contributed by atoms with van der Waals surface area (Å²) in [7, 11) is 1.25. The quantitative estimate of drug-likeness (QED) is 0.907. The highest BCUT2D eigenvalue weighted by molar-refractivity contribution is 5.99. The van der Waals surface area contributed by atoms with Gasteiger partial charge in [-0.15, -0.1) is 0 Å². The Kier molecular flexibility index (Phi) is 5.17. The van der Waals surface area contributed by atoms with Crippen LogP contribution < -0.4 is 9.64 Å². The Labute approximate surface area is 118 Å². The van der Waals surface area contributed by atoms with Crippen molar-refractivity contribution in [3.05, 3.63) is 23.8 Å². The van der Waals surface area contributed by atoms with E-state index in [0.29, 0.717) is 10.5 Å². The largest absolute Gasteiger partial charge is 0.495 e. The van der Waals surface area contributed by atoms with Crippen molar-refractivity contribution in [2.75, 3.05) is 18.6 Å². The molecule has 0 saturated carbocycles. The van der Waals surface area contributed by atoms with Gasteiger partial charge in [0, 0.05) is 6.54 Å². The smallest absolute Gasteiger partial charge is 0.471 e. The number of aryl methyl sites for hydroxylation is 1. The summed E-state index contributed by atoms with van der Waals surface area (Å²) in [4.78, 5) is 22.5. The van der Waals surface area contributed by atoms with Gasteiger partial charge in [0.25, 0.3) is 0 Å². The van der Waals surface area contributed by atoms with Crippen molar-refractivity contribution in [1.29, 1.82) is 0 Å². The standard InChI is InChI=1S/C13H14F3NO4/c1-8-3-4-10(21-2)9(7-8)17(6-5-11(18)19)12(20)13(14,15)16/h3-4,7H,5-6H2,1-2H3,(H,18,19). The maximum absolute atomic E-state index is 12.7. The summed E-state index contributed by atoms with van der Waals surface area (Å²) >= 11 is 0.